The first-order chi connectivity index (χ1) is 12.1. The Labute approximate surface area is 171 Å². The van der Waals surface area contributed by atoms with Gasteiger partial charge < -0.3 is 29.7 Å². The Balaban J connectivity index is 0.00000338. The van der Waals surface area contributed by atoms with E-state index in [-0.39, 0.29) is 43.2 Å². The predicted octanol–water partition coefficient (Wildman–Crippen LogP) is 1.19. The average molecular weight is 478 g/mol. The van der Waals surface area contributed by atoms with Crippen molar-refractivity contribution in [2.75, 3.05) is 47.2 Å². The SMILES string of the molecule is CCNC(=NCC(=O)NCCOC)N(C)Cc1ccc2c(c1)OCO2.I. The van der Waals surface area contributed by atoms with Crippen LogP contribution < -0.4 is 20.1 Å². The van der Waals surface area contributed by atoms with Crippen LogP contribution in [0.4, 0.5) is 0 Å². The van der Waals surface area contributed by atoms with Gasteiger partial charge in [0.25, 0.3) is 0 Å². The molecule has 2 N–H and O–H groups in total. The maximum absolute atomic E-state index is 11.8. The molecule has 0 saturated carbocycles. The lowest BCUT2D eigenvalue weighted by atomic mass is 10.2. The standard InChI is InChI=1S/C17H26N4O4.HI/c1-4-18-17(20-10-16(22)19-7-8-23-3)21(2)11-13-5-6-14-15(9-13)25-12-24-14;/h5-6,9H,4,7-8,10-12H2,1-3H3,(H,18,20)(H,19,22);1H. The fraction of sp³-hybridized carbons (Fsp3) is 0.529. The van der Waals surface area contributed by atoms with Gasteiger partial charge in [0, 0.05) is 33.8 Å². The molecule has 0 aliphatic carbocycles. The molecule has 1 aromatic rings. The van der Waals surface area contributed by atoms with Gasteiger partial charge in [0.1, 0.15) is 6.54 Å². The molecule has 1 heterocycles. The van der Waals surface area contributed by atoms with Gasteiger partial charge in [-0.2, -0.15) is 0 Å². The first-order valence-electron chi connectivity index (χ1n) is 8.27. The van der Waals surface area contributed by atoms with Crippen LogP contribution in [0.5, 0.6) is 11.5 Å². The van der Waals surface area contributed by atoms with Crippen LogP contribution >= 0.6 is 24.0 Å². The zero-order valence-corrected chi connectivity index (χ0v) is 17.7. The van der Waals surface area contributed by atoms with E-state index in [2.05, 4.69) is 15.6 Å². The summed E-state index contributed by atoms with van der Waals surface area (Å²) < 4.78 is 15.6. The number of carbonyl (C=O) groups is 1. The fourth-order valence-corrected chi connectivity index (χ4v) is 2.35. The molecule has 1 aliphatic rings. The Morgan fingerprint density at radius 3 is 2.81 bits per heavy atom. The van der Waals surface area contributed by atoms with Crippen molar-refractivity contribution in [3.8, 4) is 11.5 Å². The van der Waals surface area contributed by atoms with E-state index in [0.29, 0.717) is 25.7 Å². The van der Waals surface area contributed by atoms with Gasteiger partial charge in [0.2, 0.25) is 12.7 Å². The summed E-state index contributed by atoms with van der Waals surface area (Å²) in [6, 6.07) is 5.85. The smallest absolute Gasteiger partial charge is 0.241 e. The van der Waals surface area contributed by atoms with E-state index in [0.717, 1.165) is 23.6 Å². The molecule has 0 bridgehead atoms. The van der Waals surface area contributed by atoms with E-state index < -0.39 is 0 Å². The van der Waals surface area contributed by atoms with Crippen LogP contribution in [0, 0.1) is 0 Å². The predicted molar refractivity (Wildman–Crippen MR) is 110 cm³/mol. The number of guanidine groups is 1. The normalized spacial score (nSPS) is 12.3. The number of fused-ring (bicyclic) bond motifs is 1. The number of rotatable bonds is 8. The molecule has 0 spiro atoms. The lowest BCUT2D eigenvalue weighted by Gasteiger charge is -2.22. The Morgan fingerprint density at radius 1 is 1.31 bits per heavy atom. The highest BCUT2D eigenvalue weighted by atomic mass is 127. The third-order valence-electron chi connectivity index (χ3n) is 3.55. The first-order valence-corrected chi connectivity index (χ1v) is 8.27. The van der Waals surface area contributed by atoms with Crippen LogP contribution in [-0.2, 0) is 16.1 Å². The number of nitrogens with one attached hydrogen (secondary N) is 2. The van der Waals surface area contributed by atoms with E-state index in [1.165, 1.54) is 0 Å². The molecule has 1 amide bonds. The maximum Gasteiger partial charge on any atom is 0.241 e. The molecular weight excluding hydrogens is 451 g/mol. The van der Waals surface area contributed by atoms with Gasteiger partial charge in [-0.1, -0.05) is 6.07 Å². The second-order valence-corrected chi connectivity index (χ2v) is 5.56. The fourth-order valence-electron chi connectivity index (χ4n) is 2.35. The Kier molecular flexibility index (Phi) is 10.1. The molecule has 0 aromatic heterocycles. The van der Waals surface area contributed by atoms with Gasteiger partial charge >= 0.3 is 0 Å². The number of hydrogen-bond acceptors (Lipinski definition) is 5. The molecule has 0 radical (unpaired) electrons. The summed E-state index contributed by atoms with van der Waals surface area (Å²) in [6.07, 6.45) is 0. The van der Waals surface area contributed by atoms with Crippen LogP contribution in [0.3, 0.4) is 0 Å². The van der Waals surface area contributed by atoms with E-state index in [1.54, 1.807) is 7.11 Å². The quantitative estimate of drug-likeness (QED) is 0.253. The molecule has 0 saturated heterocycles. The van der Waals surface area contributed by atoms with E-state index in [9.17, 15) is 4.79 Å². The summed E-state index contributed by atoms with van der Waals surface area (Å²) in [5.41, 5.74) is 1.07. The summed E-state index contributed by atoms with van der Waals surface area (Å²) in [6.45, 7) is 4.63. The minimum Gasteiger partial charge on any atom is -0.454 e. The largest absolute Gasteiger partial charge is 0.454 e. The van der Waals surface area contributed by atoms with Crippen LogP contribution in [-0.4, -0.2) is 64.0 Å². The summed E-state index contributed by atoms with van der Waals surface area (Å²) in [7, 11) is 3.52. The second kappa shape index (κ2) is 11.8. The van der Waals surface area contributed by atoms with Crippen molar-refractivity contribution in [2.24, 2.45) is 4.99 Å². The molecule has 0 unspecified atom stereocenters. The van der Waals surface area contributed by atoms with Crippen molar-refractivity contribution in [1.82, 2.24) is 15.5 Å². The minimum atomic E-state index is -0.135. The number of nitrogens with zero attached hydrogens (tertiary/aromatic N) is 2. The molecular formula is C17H27IN4O4. The molecule has 0 fully saturated rings. The minimum absolute atomic E-state index is 0. The highest BCUT2D eigenvalue weighted by molar-refractivity contribution is 14.0. The van der Waals surface area contributed by atoms with Crippen LogP contribution in [0.15, 0.2) is 23.2 Å². The molecule has 146 valence electrons. The molecule has 9 heteroatoms. The average Bonchev–Trinajstić information content (AvgIpc) is 3.06. The van der Waals surface area contributed by atoms with Crippen molar-refractivity contribution in [3.05, 3.63) is 23.8 Å². The van der Waals surface area contributed by atoms with Gasteiger partial charge in [-0.3, -0.25) is 4.79 Å². The van der Waals surface area contributed by atoms with Crippen molar-refractivity contribution >= 4 is 35.8 Å². The van der Waals surface area contributed by atoms with Gasteiger partial charge in [-0.05, 0) is 24.6 Å². The molecule has 1 aliphatic heterocycles. The van der Waals surface area contributed by atoms with Gasteiger partial charge in [-0.15, -0.1) is 24.0 Å². The van der Waals surface area contributed by atoms with Crippen molar-refractivity contribution in [1.29, 1.82) is 0 Å². The number of amides is 1. The van der Waals surface area contributed by atoms with Crippen molar-refractivity contribution in [2.45, 2.75) is 13.5 Å². The van der Waals surface area contributed by atoms with Crippen molar-refractivity contribution in [3.63, 3.8) is 0 Å². The summed E-state index contributed by atoms with van der Waals surface area (Å²) in [5.74, 6) is 2.05. The molecule has 0 atom stereocenters. The van der Waals surface area contributed by atoms with E-state index in [1.807, 2.05) is 37.1 Å². The number of halogens is 1. The topological polar surface area (TPSA) is 84.4 Å². The van der Waals surface area contributed by atoms with Crippen LogP contribution in [0.2, 0.25) is 0 Å². The molecule has 1 aromatic carbocycles. The molecule has 26 heavy (non-hydrogen) atoms. The highest BCUT2D eigenvalue weighted by Gasteiger charge is 2.15. The third kappa shape index (κ3) is 6.87. The highest BCUT2D eigenvalue weighted by Crippen LogP contribution is 2.32. The lowest BCUT2D eigenvalue weighted by molar-refractivity contribution is -0.119. The Hall–Kier alpha value is -1.75. The van der Waals surface area contributed by atoms with Crippen molar-refractivity contribution < 1.29 is 19.0 Å². The van der Waals surface area contributed by atoms with E-state index in [4.69, 9.17) is 14.2 Å². The summed E-state index contributed by atoms with van der Waals surface area (Å²) in [4.78, 5) is 18.1. The van der Waals surface area contributed by atoms with Crippen LogP contribution in [0.1, 0.15) is 12.5 Å². The van der Waals surface area contributed by atoms with Crippen LogP contribution in [0.25, 0.3) is 0 Å². The third-order valence-corrected chi connectivity index (χ3v) is 3.55. The number of aliphatic imine (C=N–C) groups is 1. The molecule has 8 nitrogen and oxygen atoms in total. The number of methoxy groups -OCH3 is 1. The zero-order chi connectivity index (χ0) is 18.1. The van der Waals surface area contributed by atoms with Gasteiger partial charge in [-0.25, -0.2) is 4.99 Å². The summed E-state index contributed by atoms with van der Waals surface area (Å²) >= 11 is 0. The number of ether oxygens (including phenoxy) is 3. The maximum atomic E-state index is 11.8. The Bertz CT molecular complexity index is 612. The van der Waals surface area contributed by atoms with E-state index >= 15 is 0 Å². The Morgan fingerprint density at radius 2 is 2.08 bits per heavy atom. The first kappa shape index (κ1) is 22.3. The molecule has 2 rings (SSSR count). The monoisotopic (exact) mass is 478 g/mol. The van der Waals surface area contributed by atoms with Gasteiger partial charge in [0.05, 0.1) is 6.61 Å². The number of carbonyl (C=O) groups excluding carboxylic acids is 1. The summed E-state index contributed by atoms with van der Waals surface area (Å²) in [5, 5.41) is 5.94. The second-order valence-electron chi connectivity index (χ2n) is 5.56. The number of benzene rings is 1. The number of hydrogen-bond donors (Lipinski definition) is 2. The zero-order valence-electron chi connectivity index (χ0n) is 15.4. The van der Waals surface area contributed by atoms with Gasteiger partial charge in [0.15, 0.2) is 17.5 Å². The lowest BCUT2D eigenvalue weighted by Crippen LogP contribution is -2.39.